The molecule has 2 rings (SSSR count). The van der Waals surface area contributed by atoms with E-state index in [0.717, 1.165) is 5.56 Å². The third-order valence-corrected chi connectivity index (χ3v) is 3.18. The number of likely N-dealkylation sites (N-methyl/N-ethyl adjacent to an activating group) is 1. The van der Waals surface area contributed by atoms with Crippen molar-refractivity contribution in [1.82, 2.24) is 20.4 Å². The molecule has 0 saturated carbocycles. The highest BCUT2D eigenvalue weighted by Crippen LogP contribution is 2.19. The number of halogens is 1. The zero-order valence-electron chi connectivity index (χ0n) is 12.1. The number of amides is 2. The van der Waals surface area contributed by atoms with Crippen LogP contribution in [-0.2, 0) is 6.42 Å². The number of aliphatic hydroxyl groups excluding tert-OH is 1. The minimum absolute atomic E-state index is 0.0728. The number of aliphatic hydroxyl groups is 1. The van der Waals surface area contributed by atoms with Gasteiger partial charge in [-0.3, -0.25) is 0 Å². The maximum atomic E-state index is 11.6. The first kappa shape index (κ1) is 16.3. The number of urea groups is 1. The molecule has 0 aliphatic rings. The second kappa shape index (κ2) is 7.77. The zero-order valence-corrected chi connectivity index (χ0v) is 12.9. The summed E-state index contributed by atoms with van der Waals surface area (Å²) in [5, 5.41) is 15.9. The Balaban J connectivity index is 1.86. The van der Waals surface area contributed by atoms with Crippen molar-refractivity contribution in [2.75, 3.05) is 26.7 Å². The fourth-order valence-corrected chi connectivity index (χ4v) is 1.95. The van der Waals surface area contributed by atoms with Gasteiger partial charge in [0.1, 0.15) is 0 Å². The molecule has 0 radical (unpaired) electrons. The van der Waals surface area contributed by atoms with Crippen LogP contribution in [0.3, 0.4) is 0 Å². The molecule has 0 spiro atoms. The Kier molecular flexibility index (Phi) is 5.74. The minimum Gasteiger partial charge on any atom is -0.395 e. The standard InChI is InChI=1S/C14H17ClN4O3/c1-19(7-8-20)14(21)16-6-5-12-17-13(18-22-12)10-3-2-4-11(15)9-10/h2-4,9,20H,5-8H2,1H3,(H,16,21). The van der Waals surface area contributed by atoms with Crippen molar-refractivity contribution in [2.24, 2.45) is 0 Å². The second-order valence-corrected chi connectivity index (χ2v) is 5.09. The molecule has 0 aliphatic heterocycles. The number of benzene rings is 1. The minimum atomic E-state index is -0.261. The van der Waals surface area contributed by atoms with Gasteiger partial charge in [0.05, 0.1) is 6.61 Å². The van der Waals surface area contributed by atoms with Gasteiger partial charge in [0.15, 0.2) is 0 Å². The summed E-state index contributed by atoms with van der Waals surface area (Å²) in [7, 11) is 1.61. The summed E-state index contributed by atoms with van der Waals surface area (Å²) in [6.07, 6.45) is 0.423. The Hall–Kier alpha value is -2.12. The highest BCUT2D eigenvalue weighted by atomic mass is 35.5. The van der Waals surface area contributed by atoms with Gasteiger partial charge in [-0.1, -0.05) is 28.9 Å². The summed E-state index contributed by atoms with van der Waals surface area (Å²) >= 11 is 5.92. The average Bonchev–Trinajstić information content (AvgIpc) is 2.96. The molecule has 0 aliphatic carbocycles. The molecule has 2 aromatic rings. The van der Waals surface area contributed by atoms with E-state index in [1.54, 1.807) is 19.2 Å². The van der Waals surface area contributed by atoms with E-state index in [-0.39, 0.29) is 19.2 Å². The monoisotopic (exact) mass is 324 g/mol. The molecule has 2 amide bonds. The molecule has 0 bridgehead atoms. The molecular weight excluding hydrogens is 308 g/mol. The van der Waals surface area contributed by atoms with Crippen LogP contribution in [0.2, 0.25) is 5.02 Å². The molecule has 1 aromatic heterocycles. The summed E-state index contributed by atoms with van der Waals surface area (Å²) in [6.45, 7) is 0.577. The van der Waals surface area contributed by atoms with E-state index in [2.05, 4.69) is 15.5 Å². The van der Waals surface area contributed by atoms with Crippen LogP contribution in [0.1, 0.15) is 5.89 Å². The average molecular weight is 325 g/mol. The van der Waals surface area contributed by atoms with E-state index in [1.807, 2.05) is 12.1 Å². The van der Waals surface area contributed by atoms with Gasteiger partial charge >= 0.3 is 6.03 Å². The molecule has 0 saturated heterocycles. The first-order valence-electron chi connectivity index (χ1n) is 6.78. The van der Waals surface area contributed by atoms with Gasteiger partial charge in [-0.15, -0.1) is 0 Å². The van der Waals surface area contributed by atoms with Crippen molar-refractivity contribution in [3.8, 4) is 11.4 Å². The van der Waals surface area contributed by atoms with Crippen LogP contribution in [0.15, 0.2) is 28.8 Å². The lowest BCUT2D eigenvalue weighted by atomic mass is 10.2. The molecule has 1 heterocycles. The van der Waals surface area contributed by atoms with Crippen molar-refractivity contribution < 1.29 is 14.4 Å². The summed E-state index contributed by atoms with van der Waals surface area (Å²) in [4.78, 5) is 17.3. The fraction of sp³-hybridized carbons (Fsp3) is 0.357. The van der Waals surface area contributed by atoms with E-state index in [9.17, 15) is 4.79 Å². The van der Waals surface area contributed by atoms with Gasteiger partial charge in [-0.05, 0) is 12.1 Å². The number of carbonyl (C=O) groups excluding carboxylic acids is 1. The number of hydrogen-bond donors (Lipinski definition) is 2. The van der Waals surface area contributed by atoms with Gasteiger partial charge in [-0.25, -0.2) is 4.79 Å². The molecule has 0 atom stereocenters. The Morgan fingerprint density at radius 3 is 3.05 bits per heavy atom. The Morgan fingerprint density at radius 1 is 1.50 bits per heavy atom. The first-order chi connectivity index (χ1) is 10.6. The highest BCUT2D eigenvalue weighted by molar-refractivity contribution is 6.30. The molecule has 118 valence electrons. The molecule has 0 unspecified atom stereocenters. The molecule has 0 fully saturated rings. The van der Waals surface area contributed by atoms with Crippen LogP contribution in [-0.4, -0.2) is 52.9 Å². The Labute approximate surface area is 132 Å². The van der Waals surface area contributed by atoms with E-state index >= 15 is 0 Å². The van der Waals surface area contributed by atoms with Crippen LogP contribution in [0.5, 0.6) is 0 Å². The zero-order chi connectivity index (χ0) is 15.9. The van der Waals surface area contributed by atoms with Gasteiger partial charge in [0.2, 0.25) is 11.7 Å². The predicted molar refractivity (Wildman–Crippen MR) is 81.6 cm³/mol. The van der Waals surface area contributed by atoms with Crippen molar-refractivity contribution >= 4 is 17.6 Å². The van der Waals surface area contributed by atoms with E-state index in [4.69, 9.17) is 21.2 Å². The van der Waals surface area contributed by atoms with Crippen LogP contribution in [0, 0.1) is 0 Å². The number of carbonyl (C=O) groups is 1. The maximum absolute atomic E-state index is 11.6. The summed E-state index contributed by atoms with van der Waals surface area (Å²) < 4.78 is 5.14. The molecule has 22 heavy (non-hydrogen) atoms. The summed E-state index contributed by atoms with van der Waals surface area (Å²) in [6, 6.07) is 6.91. The van der Waals surface area contributed by atoms with Crippen molar-refractivity contribution in [1.29, 1.82) is 0 Å². The number of rotatable bonds is 6. The predicted octanol–water partition coefficient (Wildman–Crippen LogP) is 1.57. The third kappa shape index (κ3) is 4.44. The lowest BCUT2D eigenvalue weighted by Crippen LogP contribution is -2.39. The van der Waals surface area contributed by atoms with Gasteiger partial charge in [-0.2, -0.15) is 4.98 Å². The highest BCUT2D eigenvalue weighted by Gasteiger charge is 2.10. The van der Waals surface area contributed by atoms with Crippen LogP contribution >= 0.6 is 11.6 Å². The van der Waals surface area contributed by atoms with Crippen LogP contribution in [0.4, 0.5) is 4.79 Å². The fourth-order valence-electron chi connectivity index (χ4n) is 1.76. The van der Waals surface area contributed by atoms with Crippen LogP contribution in [0.25, 0.3) is 11.4 Å². The van der Waals surface area contributed by atoms with E-state index in [1.165, 1.54) is 4.90 Å². The SMILES string of the molecule is CN(CCO)C(=O)NCCc1nc(-c2cccc(Cl)c2)no1. The largest absolute Gasteiger partial charge is 0.395 e. The van der Waals surface area contributed by atoms with Gasteiger partial charge < -0.3 is 19.8 Å². The smallest absolute Gasteiger partial charge is 0.317 e. The molecule has 7 nitrogen and oxygen atoms in total. The quantitative estimate of drug-likeness (QED) is 0.841. The van der Waals surface area contributed by atoms with Crippen molar-refractivity contribution in [3.63, 3.8) is 0 Å². The second-order valence-electron chi connectivity index (χ2n) is 4.65. The number of aromatic nitrogens is 2. The first-order valence-corrected chi connectivity index (χ1v) is 7.16. The third-order valence-electron chi connectivity index (χ3n) is 2.95. The normalized spacial score (nSPS) is 10.5. The Bertz CT molecular complexity index is 632. The number of nitrogens with zero attached hydrogens (tertiary/aromatic N) is 3. The van der Waals surface area contributed by atoms with Gasteiger partial charge in [0, 0.05) is 37.1 Å². The Morgan fingerprint density at radius 2 is 2.32 bits per heavy atom. The lowest BCUT2D eigenvalue weighted by molar-refractivity contribution is 0.190. The maximum Gasteiger partial charge on any atom is 0.317 e. The number of nitrogens with one attached hydrogen (secondary N) is 1. The lowest BCUT2D eigenvalue weighted by Gasteiger charge is -2.15. The molecule has 1 aromatic carbocycles. The van der Waals surface area contributed by atoms with Crippen molar-refractivity contribution in [2.45, 2.75) is 6.42 Å². The summed E-state index contributed by atoms with van der Waals surface area (Å²) in [5.41, 5.74) is 0.772. The van der Waals surface area contributed by atoms with Gasteiger partial charge in [0.25, 0.3) is 0 Å². The van der Waals surface area contributed by atoms with E-state index in [0.29, 0.717) is 29.7 Å². The topological polar surface area (TPSA) is 91.5 Å². The molecular formula is C14H17ClN4O3. The van der Waals surface area contributed by atoms with Crippen molar-refractivity contribution in [3.05, 3.63) is 35.2 Å². The van der Waals surface area contributed by atoms with E-state index < -0.39 is 0 Å². The number of hydrogen-bond acceptors (Lipinski definition) is 5. The molecule has 8 heteroatoms. The summed E-state index contributed by atoms with van der Waals surface area (Å²) in [5.74, 6) is 0.890. The molecule has 2 N–H and O–H groups in total. The van der Waals surface area contributed by atoms with Crippen LogP contribution < -0.4 is 5.32 Å².